The number of rotatable bonds is 7. The SMILES string of the molecule is CCN(C(=O)O)c1cc2c(cn1)OCc1cc(OCC(C)(N)CC(C)C)ccc1-2. The summed E-state index contributed by atoms with van der Waals surface area (Å²) in [5.41, 5.74) is 8.74. The summed E-state index contributed by atoms with van der Waals surface area (Å²) in [6.45, 7) is 9.21. The van der Waals surface area contributed by atoms with E-state index in [0.717, 1.165) is 28.9 Å². The molecule has 0 aliphatic carbocycles. The molecule has 29 heavy (non-hydrogen) atoms. The first-order valence-corrected chi connectivity index (χ1v) is 9.88. The van der Waals surface area contributed by atoms with E-state index in [1.807, 2.05) is 25.1 Å². The van der Waals surface area contributed by atoms with E-state index in [1.54, 1.807) is 19.2 Å². The van der Waals surface area contributed by atoms with Crippen molar-refractivity contribution in [2.75, 3.05) is 18.1 Å². The van der Waals surface area contributed by atoms with E-state index in [-0.39, 0.29) is 0 Å². The van der Waals surface area contributed by atoms with Crippen LogP contribution in [0, 0.1) is 5.92 Å². The highest BCUT2D eigenvalue weighted by molar-refractivity contribution is 5.87. The normalized spacial score (nSPS) is 14.4. The highest BCUT2D eigenvalue weighted by atomic mass is 16.5. The van der Waals surface area contributed by atoms with Gasteiger partial charge in [0, 0.05) is 23.2 Å². The number of ether oxygens (including phenoxy) is 2. The van der Waals surface area contributed by atoms with Gasteiger partial charge >= 0.3 is 6.09 Å². The van der Waals surface area contributed by atoms with Gasteiger partial charge in [0.05, 0.1) is 6.20 Å². The minimum atomic E-state index is -1.04. The van der Waals surface area contributed by atoms with Gasteiger partial charge in [-0.2, -0.15) is 0 Å². The molecule has 156 valence electrons. The van der Waals surface area contributed by atoms with E-state index in [4.69, 9.17) is 15.2 Å². The van der Waals surface area contributed by atoms with Gasteiger partial charge < -0.3 is 20.3 Å². The first-order chi connectivity index (χ1) is 13.7. The second-order valence-corrected chi connectivity index (χ2v) is 8.21. The molecule has 2 heterocycles. The molecule has 1 aromatic carbocycles. The average molecular weight is 399 g/mol. The molecule has 0 saturated carbocycles. The van der Waals surface area contributed by atoms with Crippen molar-refractivity contribution in [1.29, 1.82) is 0 Å². The highest BCUT2D eigenvalue weighted by Gasteiger charge is 2.24. The van der Waals surface area contributed by atoms with Crippen molar-refractivity contribution in [2.24, 2.45) is 11.7 Å². The molecule has 3 rings (SSSR count). The Morgan fingerprint density at radius 2 is 2.14 bits per heavy atom. The molecule has 2 aromatic rings. The van der Waals surface area contributed by atoms with Crippen LogP contribution in [0.25, 0.3) is 11.1 Å². The first-order valence-electron chi connectivity index (χ1n) is 9.88. The molecule has 0 radical (unpaired) electrons. The topological polar surface area (TPSA) is 97.9 Å². The summed E-state index contributed by atoms with van der Waals surface area (Å²) in [7, 11) is 0. The number of hydrogen-bond acceptors (Lipinski definition) is 5. The van der Waals surface area contributed by atoms with Crippen LogP contribution in [0.1, 0.15) is 39.7 Å². The quantitative estimate of drug-likeness (QED) is 0.721. The fourth-order valence-corrected chi connectivity index (χ4v) is 3.74. The van der Waals surface area contributed by atoms with Crippen molar-refractivity contribution in [1.82, 2.24) is 4.98 Å². The Kier molecular flexibility index (Phi) is 5.98. The van der Waals surface area contributed by atoms with E-state index >= 15 is 0 Å². The molecular formula is C22H29N3O4. The fourth-order valence-electron chi connectivity index (χ4n) is 3.74. The van der Waals surface area contributed by atoms with Gasteiger partial charge in [0.25, 0.3) is 0 Å². The van der Waals surface area contributed by atoms with E-state index in [1.165, 1.54) is 4.90 Å². The average Bonchev–Trinajstić information content (AvgIpc) is 2.65. The van der Waals surface area contributed by atoms with Crippen molar-refractivity contribution < 1.29 is 19.4 Å². The highest BCUT2D eigenvalue weighted by Crippen LogP contribution is 2.40. The molecular weight excluding hydrogens is 370 g/mol. The van der Waals surface area contributed by atoms with Gasteiger partial charge in [0.2, 0.25) is 0 Å². The summed E-state index contributed by atoms with van der Waals surface area (Å²) in [5.74, 6) is 2.26. The molecule has 7 heteroatoms. The lowest BCUT2D eigenvalue weighted by Gasteiger charge is -2.27. The zero-order valence-corrected chi connectivity index (χ0v) is 17.4. The number of amides is 1. The van der Waals surface area contributed by atoms with Crippen LogP contribution in [0.3, 0.4) is 0 Å². The third-order valence-corrected chi connectivity index (χ3v) is 4.87. The zero-order valence-electron chi connectivity index (χ0n) is 17.4. The number of hydrogen-bond donors (Lipinski definition) is 2. The van der Waals surface area contributed by atoms with Gasteiger partial charge in [-0.1, -0.05) is 19.9 Å². The Balaban J connectivity index is 1.84. The van der Waals surface area contributed by atoms with Crippen LogP contribution < -0.4 is 20.1 Å². The van der Waals surface area contributed by atoms with Gasteiger partial charge in [0.1, 0.15) is 30.5 Å². The molecule has 0 spiro atoms. The summed E-state index contributed by atoms with van der Waals surface area (Å²) in [5, 5.41) is 9.37. The van der Waals surface area contributed by atoms with Crippen molar-refractivity contribution in [3.05, 3.63) is 36.0 Å². The molecule has 1 aliphatic heterocycles. The maximum Gasteiger partial charge on any atom is 0.412 e. The number of benzene rings is 1. The van der Waals surface area contributed by atoms with Crippen LogP contribution in [0.5, 0.6) is 11.5 Å². The van der Waals surface area contributed by atoms with Gasteiger partial charge in [-0.05, 0) is 49.9 Å². The molecule has 1 aliphatic rings. The molecule has 0 bridgehead atoms. The minimum Gasteiger partial charge on any atom is -0.492 e. The number of nitrogens with two attached hydrogens (primary N) is 1. The number of aromatic nitrogens is 1. The van der Waals surface area contributed by atoms with Crippen LogP contribution in [-0.2, 0) is 6.61 Å². The number of pyridine rings is 1. The van der Waals surface area contributed by atoms with E-state index < -0.39 is 11.6 Å². The molecule has 1 amide bonds. The van der Waals surface area contributed by atoms with Crippen LogP contribution in [0.15, 0.2) is 30.5 Å². The van der Waals surface area contributed by atoms with Crippen molar-refractivity contribution >= 4 is 11.9 Å². The lowest BCUT2D eigenvalue weighted by Crippen LogP contribution is -2.43. The summed E-state index contributed by atoms with van der Waals surface area (Å²) in [6, 6.07) is 7.60. The van der Waals surface area contributed by atoms with Gasteiger partial charge in [0.15, 0.2) is 0 Å². The monoisotopic (exact) mass is 399 g/mol. The van der Waals surface area contributed by atoms with Crippen LogP contribution in [-0.4, -0.2) is 34.9 Å². The predicted molar refractivity (Wildman–Crippen MR) is 113 cm³/mol. The Bertz CT molecular complexity index is 896. The maximum absolute atomic E-state index is 11.4. The van der Waals surface area contributed by atoms with Crippen molar-refractivity contribution in [2.45, 2.75) is 46.3 Å². The summed E-state index contributed by atoms with van der Waals surface area (Å²) in [6.07, 6.45) is 1.42. The summed E-state index contributed by atoms with van der Waals surface area (Å²) in [4.78, 5) is 16.9. The fraction of sp³-hybridized carbons (Fsp3) is 0.455. The number of nitrogens with zero attached hydrogens (tertiary/aromatic N) is 2. The molecule has 3 N–H and O–H groups in total. The summed E-state index contributed by atoms with van der Waals surface area (Å²) < 4.78 is 11.8. The van der Waals surface area contributed by atoms with Gasteiger partial charge in [-0.15, -0.1) is 0 Å². The van der Waals surface area contributed by atoms with E-state index in [0.29, 0.717) is 37.2 Å². The molecule has 7 nitrogen and oxygen atoms in total. The van der Waals surface area contributed by atoms with Gasteiger partial charge in [-0.25, -0.2) is 9.78 Å². The third-order valence-electron chi connectivity index (χ3n) is 4.87. The smallest absolute Gasteiger partial charge is 0.412 e. The molecule has 1 unspecified atom stereocenters. The Labute approximate surface area is 171 Å². The maximum atomic E-state index is 11.4. The number of fused-ring (bicyclic) bond motifs is 3. The van der Waals surface area contributed by atoms with Crippen molar-refractivity contribution in [3.63, 3.8) is 0 Å². The van der Waals surface area contributed by atoms with E-state index in [9.17, 15) is 9.90 Å². The van der Waals surface area contributed by atoms with Crippen LogP contribution in [0.4, 0.5) is 10.6 Å². The zero-order chi connectivity index (χ0) is 21.2. The molecule has 0 fully saturated rings. The number of carbonyl (C=O) groups is 1. The van der Waals surface area contributed by atoms with Gasteiger partial charge in [-0.3, -0.25) is 4.90 Å². The van der Waals surface area contributed by atoms with Crippen LogP contribution in [0.2, 0.25) is 0 Å². The largest absolute Gasteiger partial charge is 0.492 e. The minimum absolute atomic E-state index is 0.315. The second-order valence-electron chi connectivity index (χ2n) is 8.21. The Morgan fingerprint density at radius 1 is 1.38 bits per heavy atom. The van der Waals surface area contributed by atoms with Crippen molar-refractivity contribution in [3.8, 4) is 22.6 Å². The molecule has 1 aromatic heterocycles. The Hall–Kier alpha value is -2.80. The lowest BCUT2D eigenvalue weighted by atomic mass is 9.93. The third kappa shape index (κ3) is 4.79. The predicted octanol–water partition coefficient (Wildman–Crippen LogP) is 4.29. The van der Waals surface area contributed by atoms with E-state index in [2.05, 4.69) is 18.8 Å². The first kappa shape index (κ1) is 20.9. The number of anilines is 1. The summed E-state index contributed by atoms with van der Waals surface area (Å²) >= 11 is 0. The molecule has 1 atom stereocenters. The molecule has 0 saturated heterocycles. The Morgan fingerprint density at radius 3 is 2.79 bits per heavy atom. The second kappa shape index (κ2) is 8.29. The lowest BCUT2D eigenvalue weighted by molar-refractivity contribution is 0.202. The standard InChI is InChI=1S/C22H29N3O4/c1-5-25(21(26)27)20-9-18-17-7-6-16(29-13-22(4,23)10-14(2)3)8-15(17)12-28-19(18)11-24-20/h6-9,11,14H,5,10,12-13,23H2,1-4H3,(H,26,27). The number of carboxylic acid groups (broad SMARTS) is 1. The van der Waals surface area contributed by atoms with Crippen LogP contribution >= 0.6 is 0 Å².